The van der Waals surface area contributed by atoms with E-state index in [9.17, 15) is 0 Å². The van der Waals surface area contributed by atoms with E-state index in [0.717, 1.165) is 17.6 Å². The van der Waals surface area contributed by atoms with E-state index in [1.807, 2.05) is 0 Å². The molecule has 2 heterocycles. The fraction of sp³-hybridized carbons (Fsp3) is 0.414. The zero-order valence-corrected chi connectivity index (χ0v) is 20.0. The van der Waals surface area contributed by atoms with Gasteiger partial charge in [-0.1, -0.05) is 58.9 Å². The van der Waals surface area contributed by atoms with E-state index in [1.165, 1.54) is 57.1 Å². The Kier molecular flexibility index (Phi) is 4.38. The molecule has 4 aromatic rings. The first kappa shape index (κ1) is 20.3. The van der Waals surface area contributed by atoms with Crippen LogP contribution in [0.3, 0.4) is 0 Å². The van der Waals surface area contributed by atoms with Crippen LogP contribution in [0.1, 0.15) is 69.7 Å². The number of fused-ring (bicyclic) bond motifs is 5. The maximum Gasteiger partial charge on any atom is 0.216 e. The fourth-order valence-corrected chi connectivity index (χ4v) is 5.52. The van der Waals surface area contributed by atoms with Gasteiger partial charge in [0.05, 0.1) is 5.56 Å². The Morgan fingerprint density at radius 1 is 0.903 bits per heavy atom. The molecule has 0 aliphatic heterocycles. The van der Waals surface area contributed by atoms with Crippen LogP contribution in [0.5, 0.6) is 0 Å². The van der Waals surface area contributed by atoms with Crippen molar-refractivity contribution in [2.24, 2.45) is 7.05 Å². The second kappa shape index (κ2) is 6.69. The number of hydrogen-bond acceptors (Lipinski definition) is 1. The SMILES string of the molecule is CCc1cc[n+](C)c(-c2c(C)ccc3c2oc2c4c(ccc23)C(C)(C)CCC4(C)C)c1. The molecule has 0 saturated heterocycles. The Balaban J connectivity index is 1.90. The molecule has 2 heteroatoms. The third-order valence-corrected chi connectivity index (χ3v) is 7.68. The van der Waals surface area contributed by atoms with Gasteiger partial charge in [0.25, 0.3) is 0 Å². The average Bonchev–Trinajstić information content (AvgIpc) is 3.10. The summed E-state index contributed by atoms with van der Waals surface area (Å²) in [5.74, 6) is 0. The Morgan fingerprint density at radius 3 is 2.32 bits per heavy atom. The summed E-state index contributed by atoms with van der Waals surface area (Å²) in [5.41, 5.74) is 10.3. The van der Waals surface area contributed by atoms with Gasteiger partial charge in [-0.25, -0.2) is 4.57 Å². The number of hydrogen-bond donors (Lipinski definition) is 0. The Labute approximate surface area is 185 Å². The zero-order chi connectivity index (χ0) is 22.1. The number of furan rings is 1. The van der Waals surface area contributed by atoms with Crippen LogP contribution in [-0.2, 0) is 24.3 Å². The third kappa shape index (κ3) is 2.95. The molecule has 31 heavy (non-hydrogen) atoms. The highest BCUT2D eigenvalue weighted by Crippen LogP contribution is 2.50. The van der Waals surface area contributed by atoms with E-state index in [2.05, 4.69) is 95.8 Å². The fourth-order valence-electron chi connectivity index (χ4n) is 5.52. The molecule has 2 aromatic heterocycles. The molecular weight excluding hydrogens is 378 g/mol. The molecule has 0 bridgehead atoms. The van der Waals surface area contributed by atoms with E-state index in [0.29, 0.717) is 0 Å². The molecule has 160 valence electrons. The summed E-state index contributed by atoms with van der Waals surface area (Å²) in [6, 6.07) is 13.7. The standard InChI is InChI=1S/C29H34NO/c1-8-19-13-16-30(7)23(17-19)24-18(2)9-10-20-21-11-12-22-25(27(21)31-26(20)24)29(5,6)15-14-28(22,3)4/h9-13,16-17H,8,14-15H2,1-7H3/q+1. The quantitative estimate of drug-likeness (QED) is 0.316. The molecule has 0 unspecified atom stereocenters. The lowest BCUT2D eigenvalue weighted by atomic mass is 9.63. The number of rotatable bonds is 2. The van der Waals surface area contributed by atoms with Crippen LogP contribution in [-0.4, -0.2) is 0 Å². The molecule has 1 aliphatic rings. The van der Waals surface area contributed by atoms with Gasteiger partial charge in [0.15, 0.2) is 6.20 Å². The van der Waals surface area contributed by atoms with Gasteiger partial charge in [-0.15, -0.1) is 0 Å². The van der Waals surface area contributed by atoms with Gasteiger partial charge in [0.2, 0.25) is 5.69 Å². The maximum atomic E-state index is 6.86. The van der Waals surface area contributed by atoms with E-state index in [-0.39, 0.29) is 10.8 Å². The second-order valence-corrected chi connectivity index (χ2v) is 10.8. The van der Waals surface area contributed by atoms with Crippen LogP contribution in [0.15, 0.2) is 47.0 Å². The topological polar surface area (TPSA) is 17.0 Å². The Bertz CT molecular complexity index is 1340. The van der Waals surface area contributed by atoms with Crippen molar-refractivity contribution >= 4 is 21.9 Å². The van der Waals surface area contributed by atoms with Crippen LogP contribution in [0.4, 0.5) is 0 Å². The molecule has 0 amide bonds. The van der Waals surface area contributed by atoms with Crippen molar-refractivity contribution < 1.29 is 8.98 Å². The number of nitrogens with zero attached hydrogens (tertiary/aromatic N) is 1. The first-order valence-electron chi connectivity index (χ1n) is 11.6. The van der Waals surface area contributed by atoms with Gasteiger partial charge in [-0.2, -0.15) is 0 Å². The van der Waals surface area contributed by atoms with Crippen molar-refractivity contribution in [2.75, 3.05) is 0 Å². The lowest BCUT2D eigenvalue weighted by molar-refractivity contribution is -0.660. The van der Waals surface area contributed by atoms with Gasteiger partial charge >= 0.3 is 0 Å². The highest BCUT2D eigenvalue weighted by Gasteiger charge is 2.39. The van der Waals surface area contributed by atoms with Crippen LogP contribution < -0.4 is 4.57 Å². The lowest BCUT2D eigenvalue weighted by Crippen LogP contribution is -2.33. The molecule has 5 rings (SSSR count). The van der Waals surface area contributed by atoms with Crippen LogP contribution >= 0.6 is 0 Å². The molecule has 0 atom stereocenters. The summed E-state index contributed by atoms with van der Waals surface area (Å²) < 4.78 is 9.08. The van der Waals surface area contributed by atoms with Crippen LogP contribution in [0.2, 0.25) is 0 Å². The lowest BCUT2D eigenvalue weighted by Gasteiger charge is -2.41. The predicted octanol–water partition coefficient (Wildman–Crippen LogP) is 7.30. The molecule has 0 saturated carbocycles. The van der Waals surface area contributed by atoms with Gasteiger partial charge in [0.1, 0.15) is 18.2 Å². The highest BCUT2D eigenvalue weighted by molar-refractivity contribution is 6.11. The normalized spacial score (nSPS) is 17.3. The monoisotopic (exact) mass is 412 g/mol. The van der Waals surface area contributed by atoms with Gasteiger partial charge in [0, 0.05) is 28.5 Å². The highest BCUT2D eigenvalue weighted by atomic mass is 16.3. The van der Waals surface area contributed by atoms with Crippen LogP contribution in [0, 0.1) is 6.92 Å². The summed E-state index contributed by atoms with van der Waals surface area (Å²) in [6.45, 7) is 13.9. The van der Waals surface area contributed by atoms with Crippen molar-refractivity contribution in [1.82, 2.24) is 0 Å². The predicted molar refractivity (Wildman–Crippen MR) is 130 cm³/mol. The second-order valence-electron chi connectivity index (χ2n) is 10.8. The van der Waals surface area contributed by atoms with Crippen molar-refractivity contribution in [3.8, 4) is 11.3 Å². The van der Waals surface area contributed by atoms with Crippen molar-refractivity contribution in [2.45, 2.75) is 71.6 Å². The number of benzene rings is 2. The summed E-state index contributed by atoms with van der Waals surface area (Å²) in [4.78, 5) is 0. The molecular formula is C29H34NO+. The molecule has 2 nitrogen and oxygen atoms in total. The van der Waals surface area contributed by atoms with Crippen molar-refractivity contribution in [3.05, 3.63) is 64.8 Å². The summed E-state index contributed by atoms with van der Waals surface area (Å²) in [7, 11) is 2.13. The zero-order valence-electron chi connectivity index (χ0n) is 20.0. The summed E-state index contributed by atoms with van der Waals surface area (Å²) >= 11 is 0. The third-order valence-electron chi connectivity index (χ3n) is 7.68. The van der Waals surface area contributed by atoms with Gasteiger partial charge < -0.3 is 4.42 Å². The minimum absolute atomic E-state index is 0.111. The van der Waals surface area contributed by atoms with Crippen molar-refractivity contribution in [3.63, 3.8) is 0 Å². The Morgan fingerprint density at radius 2 is 1.58 bits per heavy atom. The van der Waals surface area contributed by atoms with E-state index < -0.39 is 0 Å². The first-order valence-corrected chi connectivity index (χ1v) is 11.6. The van der Waals surface area contributed by atoms with Crippen LogP contribution in [0.25, 0.3) is 33.2 Å². The smallest absolute Gasteiger partial charge is 0.216 e. The molecule has 0 fully saturated rings. The van der Waals surface area contributed by atoms with Crippen molar-refractivity contribution in [1.29, 1.82) is 0 Å². The van der Waals surface area contributed by atoms with Gasteiger partial charge in [-0.3, -0.25) is 0 Å². The molecule has 0 N–H and O–H groups in total. The summed E-state index contributed by atoms with van der Waals surface area (Å²) in [5, 5.41) is 2.47. The molecule has 1 aliphatic carbocycles. The Hall–Kier alpha value is -2.61. The van der Waals surface area contributed by atoms with E-state index in [4.69, 9.17) is 4.42 Å². The number of aryl methyl sites for hydroxylation is 3. The largest absolute Gasteiger partial charge is 0.455 e. The first-order chi connectivity index (χ1) is 14.6. The van der Waals surface area contributed by atoms with Gasteiger partial charge in [-0.05, 0) is 53.7 Å². The maximum absolute atomic E-state index is 6.86. The average molecular weight is 413 g/mol. The number of pyridine rings is 1. The molecule has 0 radical (unpaired) electrons. The number of aromatic nitrogens is 1. The van der Waals surface area contributed by atoms with E-state index >= 15 is 0 Å². The summed E-state index contributed by atoms with van der Waals surface area (Å²) in [6.07, 6.45) is 5.59. The minimum atomic E-state index is 0.111. The minimum Gasteiger partial charge on any atom is -0.455 e. The van der Waals surface area contributed by atoms with E-state index in [1.54, 1.807) is 0 Å². The molecule has 2 aromatic carbocycles. The molecule has 0 spiro atoms.